The van der Waals surface area contributed by atoms with Crippen LogP contribution in [0.3, 0.4) is 0 Å². The van der Waals surface area contributed by atoms with E-state index in [-0.39, 0.29) is 0 Å². The Balaban J connectivity index is 1.87. The molecule has 2 aliphatic rings. The SMILES string of the molecule is CCCC1(CN2CC(CC)NCC2C)CC1. The molecule has 2 fully saturated rings. The lowest BCUT2D eigenvalue weighted by atomic mass is 9.97. The number of nitrogens with zero attached hydrogens (tertiary/aromatic N) is 1. The molecule has 1 aliphatic heterocycles. The van der Waals surface area contributed by atoms with E-state index in [0.717, 1.165) is 17.5 Å². The summed E-state index contributed by atoms with van der Waals surface area (Å²) in [6, 6.07) is 1.46. The van der Waals surface area contributed by atoms with Crippen LogP contribution in [0.1, 0.15) is 52.9 Å². The standard InChI is InChI=1S/C14H28N2/c1-4-6-14(7-8-14)11-16-10-13(5-2)15-9-12(16)3/h12-13,15H,4-11H2,1-3H3. The van der Waals surface area contributed by atoms with Crippen LogP contribution in [-0.4, -0.2) is 36.6 Å². The van der Waals surface area contributed by atoms with Crippen molar-refractivity contribution in [3.63, 3.8) is 0 Å². The average Bonchev–Trinajstić information content (AvgIpc) is 3.02. The first-order valence-corrected chi connectivity index (χ1v) is 7.16. The van der Waals surface area contributed by atoms with Crippen molar-refractivity contribution in [3.8, 4) is 0 Å². The van der Waals surface area contributed by atoms with Crippen molar-refractivity contribution >= 4 is 0 Å². The Bertz CT molecular complexity index is 223. The lowest BCUT2D eigenvalue weighted by molar-refractivity contribution is 0.109. The molecule has 0 aromatic rings. The molecule has 1 saturated heterocycles. The van der Waals surface area contributed by atoms with Crippen LogP contribution in [0.4, 0.5) is 0 Å². The van der Waals surface area contributed by atoms with Gasteiger partial charge in [-0.25, -0.2) is 0 Å². The molecule has 2 unspecified atom stereocenters. The Kier molecular flexibility index (Phi) is 3.91. The van der Waals surface area contributed by atoms with Gasteiger partial charge in [0.2, 0.25) is 0 Å². The monoisotopic (exact) mass is 224 g/mol. The molecule has 2 rings (SSSR count). The van der Waals surface area contributed by atoms with Crippen LogP contribution in [0.2, 0.25) is 0 Å². The van der Waals surface area contributed by atoms with E-state index in [4.69, 9.17) is 0 Å². The van der Waals surface area contributed by atoms with Gasteiger partial charge < -0.3 is 5.32 Å². The van der Waals surface area contributed by atoms with Gasteiger partial charge in [-0.2, -0.15) is 0 Å². The molecule has 2 heteroatoms. The minimum atomic E-state index is 0.721. The maximum atomic E-state index is 3.65. The summed E-state index contributed by atoms with van der Waals surface area (Å²) >= 11 is 0. The van der Waals surface area contributed by atoms with E-state index in [1.807, 2.05) is 0 Å². The molecular formula is C14H28N2. The van der Waals surface area contributed by atoms with Crippen LogP contribution in [0, 0.1) is 5.41 Å². The highest BCUT2D eigenvalue weighted by molar-refractivity contribution is 4.97. The predicted molar refractivity (Wildman–Crippen MR) is 69.7 cm³/mol. The first-order valence-electron chi connectivity index (χ1n) is 7.16. The highest BCUT2D eigenvalue weighted by Gasteiger charge is 2.44. The molecule has 16 heavy (non-hydrogen) atoms. The largest absolute Gasteiger partial charge is 0.311 e. The van der Waals surface area contributed by atoms with E-state index in [9.17, 15) is 0 Å². The fourth-order valence-electron chi connectivity index (χ4n) is 3.11. The highest BCUT2D eigenvalue weighted by Crippen LogP contribution is 2.50. The number of piperazine rings is 1. The topological polar surface area (TPSA) is 15.3 Å². The van der Waals surface area contributed by atoms with Crippen LogP contribution in [-0.2, 0) is 0 Å². The van der Waals surface area contributed by atoms with Crippen LogP contribution in [0.5, 0.6) is 0 Å². The number of hydrogen-bond acceptors (Lipinski definition) is 2. The Morgan fingerprint density at radius 2 is 2.06 bits per heavy atom. The molecule has 2 nitrogen and oxygen atoms in total. The van der Waals surface area contributed by atoms with Crippen LogP contribution in [0.25, 0.3) is 0 Å². The zero-order chi connectivity index (χ0) is 11.6. The molecule has 0 aromatic heterocycles. The second kappa shape index (κ2) is 5.05. The summed E-state index contributed by atoms with van der Waals surface area (Å²) in [5.74, 6) is 0. The van der Waals surface area contributed by atoms with Gasteiger partial charge in [0.05, 0.1) is 0 Å². The second-order valence-electron chi connectivity index (χ2n) is 6.04. The summed E-state index contributed by atoms with van der Waals surface area (Å²) in [6.07, 6.45) is 7.03. The van der Waals surface area contributed by atoms with Gasteiger partial charge in [-0.3, -0.25) is 4.90 Å². The number of nitrogens with one attached hydrogen (secondary N) is 1. The third-order valence-electron chi connectivity index (χ3n) is 4.55. The van der Waals surface area contributed by atoms with E-state index in [1.54, 1.807) is 0 Å². The minimum absolute atomic E-state index is 0.721. The lowest BCUT2D eigenvalue weighted by Gasteiger charge is -2.40. The summed E-state index contributed by atoms with van der Waals surface area (Å²) in [5, 5.41) is 3.65. The quantitative estimate of drug-likeness (QED) is 0.772. The molecule has 1 saturated carbocycles. The molecule has 0 aromatic carbocycles. The zero-order valence-corrected chi connectivity index (χ0v) is 11.3. The van der Waals surface area contributed by atoms with Crippen LogP contribution >= 0.6 is 0 Å². The van der Waals surface area contributed by atoms with Gasteiger partial charge >= 0.3 is 0 Å². The summed E-state index contributed by atoms with van der Waals surface area (Å²) < 4.78 is 0. The Morgan fingerprint density at radius 1 is 1.31 bits per heavy atom. The fourth-order valence-corrected chi connectivity index (χ4v) is 3.11. The van der Waals surface area contributed by atoms with Gasteiger partial charge in [0.25, 0.3) is 0 Å². The van der Waals surface area contributed by atoms with Crippen LogP contribution < -0.4 is 5.32 Å². The molecule has 2 atom stereocenters. The summed E-state index contributed by atoms with van der Waals surface area (Å²) in [5.41, 5.74) is 0.721. The first-order chi connectivity index (χ1) is 7.69. The number of hydrogen-bond donors (Lipinski definition) is 1. The fraction of sp³-hybridized carbons (Fsp3) is 1.00. The summed E-state index contributed by atoms with van der Waals surface area (Å²) in [6.45, 7) is 10.8. The molecule has 1 heterocycles. The Labute approximate surface area is 101 Å². The van der Waals surface area contributed by atoms with E-state index < -0.39 is 0 Å². The van der Waals surface area contributed by atoms with Crippen molar-refractivity contribution in [1.82, 2.24) is 10.2 Å². The van der Waals surface area contributed by atoms with Gasteiger partial charge in [-0.05, 0) is 38.0 Å². The molecule has 0 amide bonds. The molecule has 0 spiro atoms. The maximum absolute atomic E-state index is 3.65. The van der Waals surface area contributed by atoms with E-state index in [1.165, 1.54) is 51.7 Å². The van der Waals surface area contributed by atoms with E-state index in [0.29, 0.717) is 0 Å². The molecule has 0 radical (unpaired) electrons. The molecule has 94 valence electrons. The predicted octanol–water partition coefficient (Wildman–Crippen LogP) is 2.64. The van der Waals surface area contributed by atoms with Crippen molar-refractivity contribution in [2.75, 3.05) is 19.6 Å². The summed E-state index contributed by atoms with van der Waals surface area (Å²) in [4.78, 5) is 2.74. The molecule has 0 bridgehead atoms. The van der Waals surface area contributed by atoms with Gasteiger partial charge in [0.1, 0.15) is 0 Å². The van der Waals surface area contributed by atoms with Crippen LogP contribution in [0.15, 0.2) is 0 Å². The van der Waals surface area contributed by atoms with E-state index in [2.05, 4.69) is 31.0 Å². The zero-order valence-electron chi connectivity index (χ0n) is 11.3. The van der Waals surface area contributed by atoms with Crippen molar-refractivity contribution in [2.45, 2.75) is 65.0 Å². The third kappa shape index (κ3) is 2.78. The van der Waals surface area contributed by atoms with Gasteiger partial charge in [-0.15, -0.1) is 0 Å². The van der Waals surface area contributed by atoms with Crippen molar-refractivity contribution in [3.05, 3.63) is 0 Å². The average molecular weight is 224 g/mol. The van der Waals surface area contributed by atoms with Gasteiger partial charge in [0.15, 0.2) is 0 Å². The summed E-state index contributed by atoms with van der Waals surface area (Å²) in [7, 11) is 0. The van der Waals surface area contributed by atoms with Crippen molar-refractivity contribution in [1.29, 1.82) is 0 Å². The number of rotatable bonds is 5. The smallest absolute Gasteiger partial charge is 0.0193 e. The Morgan fingerprint density at radius 3 is 2.62 bits per heavy atom. The normalized spacial score (nSPS) is 33.9. The second-order valence-corrected chi connectivity index (χ2v) is 6.04. The Hall–Kier alpha value is -0.0800. The van der Waals surface area contributed by atoms with Crippen molar-refractivity contribution < 1.29 is 0 Å². The first kappa shape index (κ1) is 12.4. The lowest BCUT2D eigenvalue weighted by Crippen LogP contribution is -2.56. The molecule has 1 aliphatic carbocycles. The third-order valence-corrected chi connectivity index (χ3v) is 4.55. The highest BCUT2D eigenvalue weighted by atomic mass is 15.2. The van der Waals surface area contributed by atoms with Gasteiger partial charge in [0, 0.05) is 31.7 Å². The molecular weight excluding hydrogens is 196 g/mol. The van der Waals surface area contributed by atoms with Crippen molar-refractivity contribution in [2.24, 2.45) is 5.41 Å². The van der Waals surface area contributed by atoms with Gasteiger partial charge in [-0.1, -0.05) is 20.3 Å². The maximum Gasteiger partial charge on any atom is 0.0193 e. The molecule has 1 N–H and O–H groups in total. The minimum Gasteiger partial charge on any atom is -0.311 e. The van der Waals surface area contributed by atoms with E-state index >= 15 is 0 Å².